The van der Waals surface area contributed by atoms with Crippen LogP contribution in [0.3, 0.4) is 0 Å². The molecule has 2 aromatic carbocycles. The van der Waals surface area contributed by atoms with Gasteiger partial charge in [0, 0.05) is 37.8 Å². The van der Waals surface area contributed by atoms with Gasteiger partial charge in [0.15, 0.2) is 0 Å². The van der Waals surface area contributed by atoms with Gasteiger partial charge < -0.3 is 19.3 Å². The van der Waals surface area contributed by atoms with Crippen LogP contribution in [0.15, 0.2) is 60.9 Å². The van der Waals surface area contributed by atoms with Crippen LogP contribution in [0.5, 0.6) is 11.5 Å². The van der Waals surface area contributed by atoms with Crippen molar-refractivity contribution < 1.29 is 14.3 Å². The first kappa shape index (κ1) is 19.7. The van der Waals surface area contributed by atoms with Crippen LogP contribution in [0.1, 0.15) is 10.4 Å². The monoisotopic (exact) mass is 404 g/mol. The smallest absolute Gasteiger partial charge is 0.261 e. The molecule has 0 spiro atoms. The van der Waals surface area contributed by atoms with E-state index in [0.29, 0.717) is 43.2 Å². The molecule has 30 heavy (non-hydrogen) atoms. The van der Waals surface area contributed by atoms with Crippen LogP contribution in [-0.2, 0) is 0 Å². The number of hydrogen-bond donors (Lipinski definition) is 0. The number of ether oxygens (including phenoxy) is 2. The zero-order chi connectivity index (χ0) is 20.9. The third-order valence-corrected chi connectivity index (χ3v) is 5.25. The topological polar surface area (TPSA) is 67.8 Å². The zero-order valence-electron chi connectivity index (χ0n) is 17.1. The molecule has 1 fully saturated rings. The predicted molar refractivity (Wildman–Crippen MR) is 115 cm³/mol. The second kappa shape index (κ2) is 8.82. The number of hydrogen-bond acceptors (Lipinski definition) is 6. The number of piperazine rings is 1. The Bertz CT molecular complexity index is 996. The lowest BCUT2D eigenvalue weighted by molar-refractivity contribution is 0.0739. The van der Waals surface area contributed by atoms with Crippen molar-refractivity contribution in [2.75, 3.05) is 45.3 Å². The van der Waals surface area contributed by atoms with Crippen LogP contribution in [0.25, 0.3) is 11.3 Å². The Labute approximate surface area is 175 Å². The van der Waals surface area contributed by atoms with Gasteiger partial charge in [-0.25, -0.2) is 9.97 Å². The van der Waals surface area contributed by atoms with Crippen molar-refractivity contribution in [3.63, 3.8) is 0 Å². The molecule has 1 saturated heterocycles. The van der Waals surface area contributed by atoms with Gasteiger partial charge in [-0.1, -0.05) is 36.4 Å². The lowest BCUT2D eigenvalue weighted by Crippen LogP contribution is -2.49. The van der Waals surface area contributed by atoms with E-state index in [4.69, 9.17) is 9.47 Å². The Morgan fingerprint density at radius 2 is 1.53 bits per heavy atom. The zero-order valence-corrected chi connectivity index (χ0v) is 17.1. The molecule has 2 heterocycles. The highest BCUT2D eigenvalue weighted by Crippen LogP contribution is 2.30. The van der Waals surface area contributed by atoms with E-state index in [1.165, 1.54) is 0 Å². The van der Waals surface area contributed by atoms with Crippen molar-refractivity contribution in [1.82, 2.24) is 14.9 Å². The van der Waals surface area contributed by atoms with Gasteiger partial charge in [0.1, 0.15) is 29.2 Å². The summed E-state index contributed by atoms with van der Waals surface area (Å²) in [5, 5.41) is 0. The Morgan fingerprint density at radius 3 is 2.17 bits per heavy atom. The molecule has 1 aliphatic heterocycles. The average molecular weight is 404 g/mol. The van der Waals surface area contributed by atoms with Crippen LogP contribution in [0, 0.1) is 0 Å². The summed E-state index contributed by atoms with van der Waals surface area (Å²) < 4.78 is 10.8. The van der Waals surface area contributed by atoms with Crippen LogP contribution >= 0.6 is 0 Å². The Morgan fingerprint density at radius 1 is 0.867 bits per heavy atom. The van der Waals surface area contributed by atoms with Crippen molar-refractivity contribution in [1.29, 1.82) is 0 Å². The molecule has 154 valence electrons. The molecule has 7 nitrogen and oxygen atoms in total. The van der Waals surface area contributed by atoms with Gasteiger partial charge in [-0.3, -0.25) is 4.79 Å². The lowest BCUT2D eigenvalue weighted by Gasteiger charge is -2.35. The molecule has 0 bridgehead atoms. The highest BCUT2D eigenvalue weighted by atomic mass is 16.5. The predicted octanol–water partition coefficient (Wildman–Crippen LogP) is 3.12. The molecule has 0 atom stereocenters. The van der Waals surface area contributed by atoms with Crippen molar-refractivity contribution >= 4 is 11.7 Å². The number of amides is 1. The minimum Gasteiger partial charge on any atom is -0.496 e. The molecule has 1 amide bonds. The van der Waals surface area contributed by atoms with Crippen LogP contribution in [-0.4, -0.2) is 61.2 Å². The van der Waals surface area contributed by atoms with Gasteiger partial charge in [0.25, 0.3) is 5.91 Å². The molecule has 0 N–H and O–H groups in total. The molecule has 0 aliphatic carbocycles. The normalized spacial score (nSPS) is 13.8. The van der Waals surface area contributed by atoms with Crippen molar-refractivity contribution in [3.05, 3.63) is 66.5 Å². The summed E-state index contributed by atoms with van der Waals surface area (Å²) in [5.41, 5.74) is 2.40. The second-order valence-corrected chi connectivity index (χ2v) is 6.94. The fourth-order valence-corrected chi connectivity index (χ4v) is 3.65. The molecule has 7 heteroatoms. The Hall–Kier alpha value is -3.61. The minimum absolute atomic E-state index is 0.0865. The van der Waals surface area contributed by atoms with Gasteiger partial charge in [-0.2, -0.15) is 0 Å². The van der Waals surface area contributed by atoms with E-state index >= 15 is 0 Å². The number of benzene rings is 2. The molecule has 3 aromatic rings. The van der Waals surface area contributed by atoms with E-state index in [0.717, 1.165) is 17.1 Å². The second-order valence-electron chi connectivity index (χ2n) is 6.94. The summed E-state index contributed by atoms with van der Waals surface area (Å²) in [6.45, 7) is 2.55. The molecule has 1 aromatic heterocycles. The summed E-state index contributed by atoms with van der Waals surface area (Å²) in [4.78, 5) is 26.0. The maximum Gasteiger partial charge on any atom is 0.261 e. The first-order valence-electron chi connectivity index (χ1n) is 9.84. The highest BCUT2D eigenvalue weighted by Gasteiger charge is 2.27. The number of anilines is 1. The Balaban J connectivity index is 1.48. The van der Waals surface area contributed by atoms with Gasteiger partial charge in [-0.15, -0.1) is 0 Å². The van der Waals surface area contributed by atoms with Crippen molar-refractivity contribution in [2.24, 2.45) is 0 Å². The van der Waals surface area contributed by atoms with Crippen molar-refractivity contribution in [3.8, 4) is 22.8 Å². The van der Waals surface area contributed by atoms with Gasteiger partial charge in [0.2, 0.25) is 0 Å². The molecule has 4 rings (SSSR count). The number of rotatable bonds is 5. The standard InChI is InChI=1S/C23H24N4O3/c1-29-19-9-6-10-20(30-2)22(19)23(28)27-13-11-26(12-14-27)21-15-18(24-16-25-21)17-7-4-3-5-8-17/h3-10,15-16H,11-14H2,1-2H3. The van der Waals surface area contributed by atoms with E-state index in [1.807, 2.05) is 47.4 Å². The number of aromatic nitrogens is 2. The molecular formula is C23H24N4O3. The fourth-order valence-electron chi connectivity index (χ4n) is 3.65. The fraction of sp³-hybridized carbons (Fsp3) is 0.261. The maximum atomic E-state index is 13.2. The Kier molecular flexibility index (Phi) is 5.79. The quantitative estimate of drug-likeness (QED) is 0.651. The van der Waals surface area contributed by atoms with E-state index < -0.39 is 0 Å². The number of carbonyl (C=O) groups is 1. The molecule has 0 radical (unpaired) electrons. The average Bonchev–Trinajstić information content (AvgIpc) is 2.83. The molecule has 1 aliphatic rings. The molecule has 0 unspecified atom stereocenters. The third kappa shape index (κ3) is 3.91. The summed E-state index contributed by atoms with van der Waals surface area (Å²) in [5.74, 6) is 1.82. The maximum absolute atomic E-state index is 13.2. The van der Waals surface area contributed by atoms with Gasteiger partial charge in [0.05, 0.1) is 19.9 Å². The summed E-state index contributed by atoms with van der Waals surface area (Å²) >= 11 is 0. The SMILES string of the molecule is COc1cccc(OC)c1C(=O)N1CCN(c2cc(-c3ccccc3)ncn2)CC1. The van der Waals surface area contributed by atoms with Crippen LogP contribution < -0.4 is 14.4 Å². The van der Waals surface area contributed by atoms with Crippen LogP contribution in [0.4, 0.5) is 5.82 Å². The molecular weight excluding hydrogens is 380 g/mol. The lowest BCUT2D eigenvalue weighted by atomic mass is 10.1. The van der Waals surface area contributed by atoms with Gasteiger partial charge in [-0.05, 0) is 12.1 Å². The van der Waals surface area contributed by atoms with Crippen LogP contribution in [0.2, 0.25) is 0 Å². The number of methoxy groups -OCH3 is 2. The summed E-state index contributed by atoms with van der Waals surface area (Å²) in [6, 6.07) is 17.4. The first-order valence-corrected chi connectivity index (χ1v) is 9.84. The summed E-state index contributed by atoms with van der Waals surface area (Å²) in [7, 11) is 3.12. The third-order valence-electron chi connectivity index (χ3n) is 5.25. The summed E-state index contributed by atoms with van der Waals surface area (Å²) in [6.07, 6.45) is 1.59. The number of carbonyl (C=O) groups excluding carboxylic acids is 1. The largest absolute Gasteiger partial charge is 0.496 e. The minimum atomic E-state index is -0.0865. The van der Waals surface area contributed by atoms with Crippen molar-refractivity contribution in [2.45, 2.75) is 0 Å². The van der Waals surface area contributed by atoms with E-state index in [1.54, 1.807) is 32.7 Å². The highest BCUT2D eigenvalue weighted by molar-refractivity contribution is 5.99. The van der Waals surface area contributed by atoms with Gasteiger partial charge >= 0.3 is 0 Å². The van der Waals surface area contributed by atoms with E-state index in [2.05, 4.69) is 14.9 Å². The number of nitrogens with zero attached hydrogens (tertiary/aromatic N) is 4. The van der Waals surface area contributed by atoms with E-state index in [-0.39, 0.29) is 5.91 Å². The van der Waals surface area contributed by atoms with E-state index in [9.17, 15) is 4.79 Å². The molecule has 0 saturated carbocycles. The first-order chi connectivity index (χ1) is 14.7.